The maximum atomic E-state index is 12.6. The highest BCUT2D eigenvalue weighted by Gasteiger charge is 2.39. The summed E-state index contributed by atoms with van der Waals surface area (Å²) in [6, 6.07) is 3.39. The molecule has 2 aliphatic rings. The predicted molar refractivity (Wildman–Crippen MR) is 102 cm³/mol. The van der Waals surface area contributed by atoms with Crippen LogP contribution in [0.5, 0.6) is 11.5 Å². The summed E-state index contributed by atoms with van der Waals surface area (Å²) in [6.07, 6.45) is 2.40. The molecule has 10 heteroatoms. The zero-order valence-electron chi connectivity index (χ0n) is 15.5. The molecule has 0 aliphatic carbocycles. The van der Waals surface area contributed by atoms with Gasteiger partial charge in [-0.1, -0.05) is 6.07 Å². The number of imide groups is 1. The minimum absolute atomic E-state index is 0.0758. The number of carbonyl (C=O) groups excluding carboxylic acids is 3. The molecule has 1 aromatic carbocycles. The Balaban J connectivity index is 1.56. The molecule has 0 bridgehead atoms. The lowest BCUT2D eigenvalue weighted by Gasteiger charge is -2.17. The van der Waals surface area contributed by atoms with E-state index in [2.05, 4.69) is 10.6 Å². The number of aliphatic hydroxyl groups excluding tert-OH is 1. The molecule has 1 fully saturated rings. The Labute approximate surface area is 166 Å². The van der Waals surface area contributed by atoms with E-state index in [1.807, 2.05) is 6.26 Å². The van der Waals surface area contributed by atoms with Crippen molar-refractivity contribution < 1.29 is 29.0 Å². The van der Waals surface area contributed by atoms with Gasteiger partial charge in [0.15, 0.2) is 11.5 Å². The minimum atomic E-state index is -0.915. The number of benzene rings is 1. The van der Waals surface area contributed by atoms with Gasteiger partial charge in [0.05, 0.1) is 25.6 Å². The molecule has 1 aromatic rings. The molecule has 3 N–H and O–H groups in total. The Hall–Kier alpha value is -2.46. The van der Waals surface area contributed by atoms with E-state index in [1.165, 1.54) is 0 Å². The Bertz CT molecular complexity index is 759. The van der Waals surface area contributed by atoms with Gasteiger partial charge in [0.25, 0.3) is 5.91 Å². The third-order valence-corrected chi connectivity index (χ3v) is 5.17. The molecule has 2 aliphatic heterocycles. The van der Waals surface area contributed by atoms with Crippen LogP contribution in [0, 0.1) is 0 Å². The maximum Gasteiger partial charge on any atom is 0.325 e. The van der Waals surface area contributed by atoms with Crippen molar-refractivity contribution in [1.82, 2.24) is 15.5 Å². The second-order valence-corrected chi connectivity index (χ2v) is 7.53. The number of ether oxygens (including phenoxy) is 2. The molecular formula is C18H23N3O6S. The zero-order valence-corrected chi connectivity index (χ0v) is 16.3. The van der Waals surface area contributed by atoms with Gasteiger partial charge in [0, 0.05) is 0 Å². The standard InChI is InChI=1S/C18H23N3O6S/c1-28-5-4-12(9-22)19-16(23)7-13-17(24)21(18(25)20-13)8-11-2-3-14-15(6-11)27-10-26-14/h2-3,6,12-13,22H,4-5,7-10H2,1H3,(H,19,23)(H,20,25)/t12-,13-/m0/s1. The minimum Gasteiger partial charge on any atom is -0.454 e. The monoisotopic (exact) mass is 409 g/mol. The van der Waals surface area contributed by atoms with Gasteiger partial charge in [-0.25, -0.2) is 4.79 Å². The van der Waals surface area contributed by atoms with Crippen LogP contribution in [-0.4, -0.2) is 65.3 Å². The summed E-state index contributed by atoms with van der Waals surface area (Å²) in [5.41, 5.74) is 0.718. The molecule has 2 atom stereocenters. The van der Waals surface area contributed by atoms with E-state index in [-0.39, 0.29) is 38.3 Å². The highest BCUT2D eigenvalue weighted by molar-refractivity contribution is 7.98. The van der Waals surface area contributed by atoms with E-state index in [4.69, 9.17) is 9.47 Å². The van der Waals surface area contributed by atoms with Crippen LogP contribution in [0.15, 0.2) is 18.2 Å². The Morgan fingerprint density at radius 3 is 2.93 bits per heavy atom. The van der Waals surface area contributed by atoms with Gasteiger partial charge in [0.1, 0.15) is 6.04 Å². The first-order valence-electron chi connectivity index (χ1n) is 8.91. The van der Waals surface area contributed by atoms with Gasteiger partial charge < -0.3 is 25.2 Å². The van der Waals surface area contributed by atoms with Gasteiger partial charge >= 0.3 is 6.03 Å². The van der Waals surface area contributed by atoms with Gasteiger partial charge in [0.2, 0.25) is 12.7 Å². The van der Waals surface area contributed by atoms with Crippen LogP contribution in [0.1, 0.15) is 18.4 Å². The lowest BCUT2D eigenvalue weighted by molar-refractivity contribution is -0.131. The lowest BCUT2D eigenvalue weighted by atomic mass is 10.1. The molecule has 0 saturated carbocycles. The number of carbonyl (C=O) groups is 3. The highest BCUT2D eigenvalue weighted by Crippen LogP contribution is 2.33. The molecule has 28 heavy (non-hydrogen) atoms. The fourth-order valence-electron chi connectivity index (χ4n) is 3.03. The number of amides is 4. The first-order chi connectivity index (χ1) is 13.5. The van der Waals surface area contributed by atoms with Crippen molar-refractivity contribution in [3.05, 3.63) is 23.8 Å². The second-order valence-electron chi connectivity index (χ2n) is 6.55. The van der Waals surface area contributed by atoms with Crippen molar-refractivity contribution in [2.24, 2.45) is 0 Å². The molecule has 0 aromatic heterocycles. The summed E-state index contributed by atoms with van der Waals surface area (Å²) in [7, 11) is 0. The van der Waals surface area contributed by atoms with Crippen LogP contribution in [0.25, 0.3) is 0 Å². The van der Waals surface area contributed by atoms with Crippen LogP contribution in [0.4, 0.5) is 4.79 Å². The Morgan fingerprint density at radius 1 is 1.39 bits per heavy atom. The average Bonchev–Trinajstić information content (AvgIpc) is 3.24. The normalized spacial score (nSPS) is 18.9. The Kier molecular flexibility index (Phi) is 6.63. The van der Waals surface area contributed by atoms with Crippen molar-refractivity contribution in [2.45, 2.75) is 31.5 Å². The van der Waals surface area contributed by atoms with Crippen LogP contribution >= 0.6 is 11.8 Å². The van der Waals surface area contributed by atoms with Crippen molar-refractivity contribution in [3.8, 4) is 11.5 Å². The third kappa shape index (κ3) is 4.68. The van der Waals surface area contributed by atoms with Crippen molar-refractivity contribution in [1.29, 1.82) is 0 Å². The predicted octanol–water partition coefficient (Wildman–Crippen LogP) is 0.456. The van der Waals surface area contributed by atoms with E-state index in [9.17, 15) is 19.5 Å². The second kappa shape index (κ2) is 9.16. The number of rotatable bonds is 9. The summed E-state index contributed by atoms with van der Waals surface area (Å²) in [5.74, 6) is 1.15. The Morgan fingerprint density at radius 2 is 2.18 bits per heavy atom. The average molecular weight is 409 g/mol. The maximum absolute atomic E-state index is 12.6. The molecule has 0 unspecified atom stereocenters. The van der Waals surface area contributed by atoms with Crippen LogP contribution in [0.3, 0.4) is 0 Å². The molecule has 4 amide bonds. The summed E-state index contributed by atoms with van der Waals surface area (Å²) in [6.45, 7) is 0.0464. The fourth-order valence-corrected chi connectivity index (χ4v) is 3.55. The number of nitrogens with one attached hydrogen (secondary N) is 2. The molecule has 9 nitrogen and oxygen atoms in total. The molecule has 152 valence electrons. The first kappa shape index (κ1) is 20.3. The SMILES string of the molecule is CSCC[C@@H](CO)NC(=O)C[C@@H]1NC(=O)N(Cc2ccc3c(c2)OCO3)C1=O. The zero-order chi connectivity index (χ0) is 20.1. The molecule has 0 spiro atoms. The smallest absolute Gasteiger partial charge is 0.325 e. The van der Waals surface area contributed by atoms with Crippen LogP contribution in [0.2, 0.25) is 0 Å². The fraction of sp³-hybridized carbons (Fsp3) is 0.500. The summed E-state index contributed by atoms with van der Waals surface area (Å²) >= 11 is 1.62. The molecule has 3 rings (SSSR count). The van der Waals surface area contributed by atoms with E-state index in [0.717, 1.165) is 16.2 Å². The number of hydrogen-bond acceptors (Lipinski definition) is 7. The largest absolute Gasteiger partial charge is 0.454 e. The number of hydrogen-bond donors (Lipinski definition) is 3. The van der Waals surface area contributed by atoms with E-state index < -0.39 is 18.0 Å². The van der Waals surface area contributed by atoms with E-state index >= 15 is 0 Å². The topological polar surface area (TPSA) is 117 Å². The number of urea groups is 1. The van der Waals surface area contributed by atoms with Crippen LogP contribution < -0.4 is 20.1 Å². The van der Waals surface area contributed by atoms with Gasteiger partial charge in [-0.2, -0.15) is 11.8 Å². The highest BCUT2D eigenvalue weighted by atomic mass is 32.2. The first-order valence-corrected chi connectivity index (χ1v) is 10.3. The third-order valence-electron chi connectivity index (χ3n) is 4.53. The molecule has 2 heterocycles. The number of aliphatic hydroxyl groups is 1. The molecule has 1 saturated heterocycles. The summed E-state index contributed by atoms with van der Waals surface area (Å²) in [5, 5.41) is 14.6. The van der Waals surface area contributed by atoms with Crippen LogP contribution in [-0.2, 0) is 16.1 Å². The molecule has 0 radical (unpaired) electrons. The van der Waals surface area contributed by atoms with Crippen molar-refractivity contribution >= 4 is 29.6 Å². The van der Waals surface area contributed by atoms with Gasteiger partial charge in [-0.05, 0) is 36.1 Å². The number of fused-ring (bicyclic) bond motifs is 1. The van der Waals surface area contributed by atoms with E-state index in [0.29, 0.717) is 17.9 Å². The number of thioether (sulfide) groups is 1. The quantitative estimate of drug-likeness (QED) is 0.507. The van der Waals surface area contributed by atoms with E-state index in [1.54, 1.807) is 30.0 Å². The lowest BCUT2D eigenvalue weighted by Crippen LogP contribution is -2.42. The number of nitrogens with zero attached hydrogens (tertiary/aromatic N) is 1. The molecular weight excluding hydrogens is 386 g/mol. The van der Waals surface area contributed by atoms with Crippen molar-refractivity contribution in [2.75, 3.05) is 25.4 Å². The summed E-state index contributed by atoms with van der Waals surface area (Å²) in [4.78, 5) is 38.0. The van der Waals surface area contributed by atoms with Gasteiger partial charge in [-0.3, -0.25) is 14.5 Å². The summed E-state index contributed by atoms with van der Waals surface area (Å²) < 4.78 is 10.6. The van der Waals surface area contributed by atoms with Crippen molar-refractivity contribution in [3.63, 3.8) is 0 Å². The van der Waals surface area contributed by atoms with Gasteiger partial charge in [-0.15, -0.1) is 0 Å².